The first-order valence-electron chi connectivity index (χ1n) is 12.2. The van der Waals surface area contributed by atoms with Crippen LogP contribution in [-0.4, -0.2) is 29.4 Å². The number of aryl methyl sites for hydroxylation is 1. The van der Waals surface area contributed by atoms with Gasteiger partial charge in [-0.2, -0.15) is 0 Å². The summed E-state index contributed by atoms with van der Waals surface area (Å²) in [6, 6.07) is 13.6. The lowest BCUT2D eigenvalue weighted by Gasteiger charge is -2.23. The van der Waals surface area contributed by atoms with Crippen molar-refractivity contribution in [2.45, 2.75) is 64.4 Å². The molecule has 1 aliphatic rings. The zero-order chi connectivity index (χ0) is 23.8. The molecule has 0 saturated heterocycles. The van der Waals surface area contributed by atoms with E-state index in [0.717, 1.165) is 60.5 Å². The highest BCUT2D eigenvalue weighted by Crippen LogP contribution is 2.32. The lowest BCUT2D eigenvalue weighted by Crippen LogP contribution is -2.19. The van der Waals surface area contributed by atoms with Gasteiger partial charge in [-0.05, 0) is 68.0 Å². The van der Waals surface area contributed by atoms with Gasteiger partial charge in [0.25, 0.3) is 0 Å². The predicted octanol–water partition coefficient (Wildman–Crippen LogP) is 6.32. The molecule has 0 bridgehead atoms. The van der Waals surface area contributed by atoms with Crippen molar-refractivity contribution in [3.05, 3.63) is 57.7 Å². The molecule has 4 rings (SSSR count). The number of rotatable bonds is 11. The van der Waals surface area contributed by atoms with E-state index in [4.69, 9.17) is 14.2 Å². The third-order valence-corrected chi connectivity index (χ3v) is 6.87. The first-order chi connectivity index (χ1) is 16.6. The van der Waals surface area contributed by atoms with E-state index >= 15 is 0 Å². The molecule has 0 radical (unpaired) electrons. The van der Waals surface area contributed by atoms with Crippen LogP contribution in [0.15, 0.2) is 47.3 Å². The Balaban J connectivity index is 1.27. The molecule has 2 N–H and O–H groups in total. The summed E-state index contributed by atoms with van der Waals surface area (Å²) in [5.74, 6) is 2.44. The van der Waals surface area contributed by atoms with Gasteiger partial charge < -0.3 is 19.3 Å². The van der Waals surface area contributed by atoms with Crippen LogP contribution in [0, 0.1) is 0 Å². The van der Waals surface area contributed by atoms with Gasteiger partial charge in [-0.1, -0.05) is 43.2 Å². The summed E-state index contributed by atoms with van der Waals surface area (Å²) in [5.41, 5.74) is 1.93. The van der Waals surface area contributed by atoms with E-state index in [2.05, 4.69) is 18.0 Å². The van der Waals surface area contributed by atoms with Crippen LogP contribution in [0.4, 0.5) is 0 Å². The molecule has 3 aromatic rings. The number of benzene rings is 2. The molecule has 7 heteroatoms. The summed E-state index contributed by atoms with van der Waals surface area (Å²) in [6.45, 7) is 3.23. The number of aromatic hydroxyl groups is 1. The second-order valence-electron chi connectivity index (χ2n) is 8.67. The molecule has 1 aromatic heterocycles. The van der Waals surface area contributed by atoms with E-state index in [0.29, 0.717) is 29.9 Å². The van der Waals surface area contributed by atoms with Crippen molar-refractivity contribution in [3.8, 4) is 33.6 Å². The van der Waals surface area contributed by atoms with Crippen LogP contribution in [0.3, 0.4) is 0 Å². The molecule has 34 heavy (non-hydrogen) atoms. The fraction of sp³-hybridized carbons (Fsp3) is 0.444. The van der Waals surface area contributed by atoms with E-state index in [1.54, 1.807) is 0 Å². The number of hydrogen-bond donors (Lipinski definition) is 2. The van der Waals surface area contributed by atoms with Gasteiger partial charge in [-0.25, -0.2) is 0 Å². The van der Waals surface area contributed by atoms with Gasteiger partial charge in [-0.3, -0.25) is 9.78 Å². The molecule has 2 aromatic carbocycles. The Hall–Kier alpha value is -2.93. The zero-order valence-electron chi connectivity index (χ0n) is 19.7. The van der Waals surface area contributed by atoms with Crippen LogP contribution in [0.25, 0.3) is 10.4 Å². The maximum Gasteiger partial charge on any atom is 0.307 e. The van der Waals surface area contributed by atoms with Gasteiger partial charge in [0.1, 0.15) is 17.2 Å². The number of aromatic amines is 1. The molecule has 1 fully saturated rings. The summed E-state index contributed by atoms with van der Waals surface area (Å²) >= 11 is 0.976. The summed E-state index contributed by atoms with van der Waals surface area (Å²) in [6.07, 6.45) is 9.23. The number of nitrogens with one attached hydrogen (secondary N) is 1. The minimum Gasteiger partial charge on any atom is -0.493 e. The minimum absolute atomic E-state index is 0.112. The smallest absolute Gasteiger partial charge is 0.307 e. The lowest BCUT2D eigenvalue weighted by molar-refractivity contribution is 0.154. The number of ether oxygens (including phenoxy) is 3. The van der Waals surface area contributed by atoms with Crippen LogP contribution in [0.5, 0.6) is 23.1 Å². The molecule has 0 aliphatic heterocycles. The number of H-pyrrole nitrogens is 1. The average molecular weight is 484 g/mol. The highest BCUT2D eigenvalue weighted by atomic mass is 32.1. The molecule has 0 spiro atoms. The van der Waals surface area contributed by atoms with Crippen molar-refractivity contribution in [1.29, 1.82) is 0 Å². The van der Waals surface area contributed by atoms with E-state index in [9.17, 15) is 9.90 Å². The third kappa shape index (κ3) is 6.56. The van der Waals surface area contributed by atoms with Crippen LogP contribution >= 0.6 is 11.3 Å². The molecule has 6 nitrogen and oxygen atoms in total. The van der Waals surface area contributed by atoms with Crippen molar-refractivity contribution in [3.63, 3.8) is 0 Å². The van der Waals surface area contributed by atoms with Gasteiger partial charge in [0, 0.05) is 12.0 Å². The summed E-state index contributed by atoms with van der Waals surface area (Å²) in [7, 11) is 0. The number of thiazole rings is 1. The van der Waals surface area contributed by atoms with E-state index < -0.39 is 0 Å². The first kappa shape index (κ1) is 24.2. The quantitative estimate of drug-likeness (QED) is 0.312. The molecule has 1 aliphatic carbocycles. The standard InChI is InChI=1S/C27H33NO5S/c1-2-8-19-17-23(33-21-10-4-3-5-11-21)13-14-24(19)32-16-7-15-31-22-12-6-9-20(18-22)25-26(29)28-27(30)34-25/h6,9,12-14,17-18,21,29H,2-5,7-8,10-11,15-16H2,1H3,(H,28,30). The highest BCUT2D eigenvalue weighted by Gasteiger charge is 2.16. The molecule has 1 saturated carbocycles. The highest BCUT2D eigenvalue weighted by molar-refractivity contribution is 7.13. The number of hydrogen-bond acceptors (Lipinski definition) is 6. The SMILES string of the molecule is CCCc1cc(OC2CCCCC2)ccc1OCCCOc1cccc(-c2sc(=O)[nH]c2O)c1. The molecule has 0 unspecified atom stereocenters. The predicted molar refractivity (Wildman–Crippen MR) is 136 cm³/mol. The van der Waals surface area contributed by atoms with E-state index in [1.165, 1.54) is 24.8 Å². The lowest BCUT2D eigenvalue weighted by atomic mass is 9.98. The van der Waals surface area contributed by atoms with Gasteiger partial charge in [-0.15, -0.1) is 0 Å². The Kier molecular flexibility index (Phi) is 8.52. The summed E-state index contributed by atoms with van der Waals surface area (Å²) in [5, 5.41) is 9.88. The monoisotopic (exact) mass is 483 g/mol. The second kappa shape index (κ2) is 12.0. The molecule has 1 heterocycles. The summed E-state index contributed by atoms with van der Waals surface area (Å²) < 4.78 is 18.2. The largest absolute Gasteiger partial charge is 0.493 e. The Morgan fingerprint density at radius 1 is 1.03 bits per heavy atom. The van der Waals surface area contributed by atoms with Crippen LogP contribution < -0.4 is 19.1 Å². The number of aromatic nitrogens is 1. The van der Waals surface area contributed by atoms with Crippen molar-refractivity contribution in [1.82, 2.24) is 4.98 Å². The molecular formula is C27H33NO5S. The van der Waals surface area contributed by atoms with Crippen LogP contribution in [-0.2, 0) is 6.42 Å². The maximum atomic E-state index is 11.5. The van der Waals surface area contributed by atoms with Crippen LogP contribution in [0.1, 0.15) is 57.4 Å². The second-order valence-corrected chi connectivity index (χ2v) is 9.65. The molecule has 0 amide bonds. The van der Waals surface area contributed by atoms with E-state index in [1.807, 2.05) is 36.4 Å². The topological polar surface area (TPSA) is 80.8 Å². The Morgan fingerprint density at radius 2 is 1.85 bits per heavy atom. The van der Waals surface area contributed by atoms with Gasteiger partial charge in [0.15, 0.2) is 0 Å². The van der Waals surface area contributed by atoms with Crippen molar-refractivity contribution >= 4 is 11.3 Å². The minimum atomic E-state index is -0.285. The van der Waals surface area contributed by atoms with Crippen LogP contribution in [0.2, 0.25) is 0 Å². The fourth-order valence-corrected chi connectivity index (χ4v) is 5.01. The van der Waals surface area contributed by atoms with Crippen molar-refractivity contribution < 1.29 is 19.3 Å². The Labute approximate surface area is 204 Å². The molecule has 182 valence electrons. The molecular weight excluding hydrogens is 450 g/mol. The zero-order valence-corrected chi connectivity index (χ0v) is 20.5. The Morgan fingerprint density at radius 3 is 2.62 bits per heavy atom. The van der Waals surface area contributed by atoms with Gasteiger partial charge in [0.05, 0.1) is 24.2 Å². The summed E-state index contributed by atoms with van der Waals surface area (Å²) in [4.78, 5) is 14.1. The first-order valence-corrected chi connectivity index (χ1v) is 13.0. The molecule has 0 atom stereocenters. The van der Waals surface area contributed by atoms with Gasteiger partial charge in [0.2, 0.25) is 5.88 Å². The fourth-order valence-electron chi connectivity index (χ4n) is 4.28. The van der Waals surface area contributed by atoms with E-state index in [-0.39, 0.29) is 10.8 Å². The third-order valence-electron chi connectivity index (χ3n) is 5.95. The average Bonchev–Trinajstić information content (AvgIpc) is 3.19. The van der Waals surface area contributed by atoms with Crippen molar-refractivity contribution in [2.24, 2.45) is 0 Å². The van der Waals surface area contributed by atoms with Gasteiger partial charge >= 0.3 is 4.87 Å². The normalized spacial score (nSPS) is 14.1. The van der Waals surface area contributed by atoms with Crippen molar-refractivity contribution in [2.75, 3.05) is 13.2 Å². The maximum absolute atomic E-state index is 11.5. The Bertz CT molecular complexity index is 1120.